The summed E-state index contributed by atoms with van der Waals surface area (Å²) >= 11 is 0. The molecule has 2 unspecified atom stereocenters. The molecule has 1 aromatic rings. The Morgan fingerprint density at radius 1 is 1.24 bits per heavy atom. The number of hydrogen-bond acceptors (Lipinski definition) is 1. The van der Waals surface area contributed by atoms with E-state index in [0.717, 1.165) is 6.07 Å². The molecular formula is C13H17F3O. The molecule has 96 valence electrons. The summed E-state index contributed by atoms with van der Waals surface area (Å²) in [4.78, 5) is 0. The molecule has 0 saturated carbocycles. The summed E-state index contributed by atoms with van der Waals surface area (Å²) in [7, 11) is 0. The maximum Gasteiger partial charge on any atom is 0.416 e. The van der Waals surface area contributed by atoms with Gasteiger partial charge in [-0.1, -0.05) is 32.0 Å². The summed E-state index contributed by atoms with van der Waals surface area (Å²) in [5.41, 5.74) is -0.344. The molecule has 1 aromatic carbocycles. The smallest absolute Gasteiger partial charge is 0.393 e. The molecule has 17 heavy (non-hydrogen) atoms. The zero-order valence-corrected chi connectivity index (χ0v) is 9.96. The lowest BCUT2D eigenvalue weighted by Crippen LogP contribution is -2.14. The van der Waals surface area contributed by atoms with Crippen LogP contribution in [-0.2, 0) is 6.18 Å². The van der Waals surface area contributed by atoms with Crippen molar-refractivity contribution in [3.05, 3.63) is 35.4 Å². The topological polar surface area (TPSA) is 20.2 Å². The Hall–Kier alpha value is -1.03. The van der Waals surface area contributed by atoms with Crippen LogP contribution in [0.1, 0.15) is 43.7 Å². The molecule has 0 amide bonds. The van der Waals surface area contributed by atoms with Crippen LogP contribution < -0.4 is 0 Å². The lowest BCUT2D eigenvalue weighted by atomic mass is 9.90. The van der Waals surface area contributed by atoms with Gasteiger partial charge in [0.1, 0.15) is 0 Å². The fraction of sp³-hybridized carbons (Fsp3) is 0.538. The molecule has 1 nitrogen and oxygen atoms in total. The quantitative estimate of drug-likeness (QED) is 0.852. The van der Waals surface area contributed by atoms with Crippen LogP contribution >= 0.6 is 0 Å². The van der Waals surface area contributed by atoms with E-state index in [2.05, 4.69) is 0 Å². The van der Waals surface area contributed by atoms with Gasteiger partial charge in [0, 0.05) is 0 Å². The van der Waals surface area contributed by atoms with E-state index in [1.165, 1.54) is 12.1 Å². The van der Waals surface area contributed by atoms with Gasteiger partial charge in [-0.2, -0.15) is 13.2 Å². The molecule has 0 aliphatic rings. The van der Waals surface area contributed by atoms with Gasteiger partial charge in [-0.3, -0.25) is 0 Å². The number of rotatable bonds is 4. The first-order valence-electron chi connectivity index (χ1n) is 5.70. The zero-order chi connectivity index (χ0) is 13.1. The maximum absolute atomic E-state index is 12.8. The molecule has 0 heterocycles. The highest BCUT2D eigenvalue weighted by Crippen LogP contribution is 2.36. The minimum Gasteiger partial charge on any atom is -0.393 e. The highest BCUT2D eigenvalue weighted by atomic mass is 19.4. The Balaban J connectivity index is 2.97. The van der Waals surface area contributed by atoms with Gasteiger partial charge in [0.25, 0.3) is 0 Å². The third-order valence-electron chi connectivity index (χ3n) is 2.89. The number of benzene rings is 1. The molecule has 0 saturated heterocycles. The van der Waals surface area contributed by atoms with Crippen LogP contribution in [0.3, 0.4) is 0 Å². The Morgan fingerprint density at radius 3 is 2.35 bits per heavy atom. The average molecular weight is 246 g/mol. The maximum atomic E-state index is 12.8. The average Bonchev–Trinajstić information content (AvgIpc) is 2.27. The van der Waals surface area contributed by atoms with E-state index in [-0.39, 0.29) is 11.5 Å². The van der Waals surface area contributed by atoms with Gasteiger partial charge in [0.2, 0.25) is 0 Å². The molecule has 0 spiro atoms. The van der Waals surface area contributed by atoms with E-state index in [9.17, 15) is 18.3 Å². The zero-order valence-electron chi connectivity index (χ0n) is 9.96. The van der Waals surface area contributed by atoms with Crippen molar-refractivity contribution in [2.24, 2.45) is 0 Å². The van der Waals surface area contributed by atoms with Gasteiger partial charge in [-0.25, -0.2) is 0 Å². The standard InChI is InChI=1S/C13H17F3O/c1-3-10(17)8-9(2)11-6-4-5-7-12(11)13(14,15)16/h4-7,9-10,17H,3,8H2,1-2H3. The van der Waals surface area contributed by atoms with Crippen molar-refractivity contribution < 1.29 is 18.3 Å². The summed E-state index contributed by atoms with van der Waals surface area (Å²) in [6, 6.07) is 5.55. The third-order valence-corrected chi connectivity index (χ3v) is 2.89. The van der Waals surface area contributed by atoms with Crippen LogP contribution in [0.5, 0.6) is 0 Å². The summed E-state index contributed by atoms with van der Waals surface area (Å²) in [6.45, 7) is 3.52. The molecule has 0 aliphatic carbocycles. The fourth-order valence-corrected chi connectivity index (χ4v) is 1.89. The summed E-state index contributed by atoms with van der Waals surface area (Å²) < 4.78 is 38.3. The second-order valence-electron chi connectivity index (χ2n) is 4.28. The van der Waals surface area contributed by atoms with Crippen molar-refractivity contribution >= 4 is 0 Å². The fourth-order valence-electron chi connectivity index (χ4n) is 1.89. The van der Waals surface area contributed by atoms with Crippen LogP contribution in [-0.4, -0.2) is 11.2 Å². The van der Waals surface area contributed by atoms with Gasteiger partial charge in [-0.15, -0.1) is 0 Å². The number of halogens is 3. The van der Waals surface area contributed by atoms with Crippen molar-refractivity contribution in [2.45, 2.75) is 44.9 Å². The molecule has 1 rings (SSSR count). The SMILES string of the molecule is CCC(O)CC(C)c1ccccc1C(F)(F)F. The highest BCUT2D eigenvalue weighted by Gasteiger charge is 2.34. The number of alkyl halides is 3. The third kappa shape index (κ3) is 3.73. The monoisotopic (exact) mass is 246 g/mol. The molecule has 4 heteroatoms. The Bertz CT molecular complexity index is 360. The lowest BCUT2D eigenvalue weighted by molar-refractivity contribution is -0.138. The number of aliphatic hydroxyl groups is 1. The second kappa shape index (κ2) is 5.54. The van der Waals surface area contributed by atoms with Crippen LogP contribution in [0.15, 0.2) is 24.3 Å². The Kier molecular flexibility index (Phi) is 4.57. The van der Waals surface area contributed by atoms with Crippen molar-refractivity contribution in [1.82, 2.24) is 0 Å². The van der Waals surface area contributed by atoms with E-state index in [0.29, 0.717) is 12.8 Å². The van der Waals surface area contributed by atoms with Gasteiger partial charge in [0.15, 0.2) is 0 Å². The summed E-state index contributed by atoms with van der Waals surface area (Å²) in [5, 5.41) is 9.50. The Labute approximate surface area is 99.3 Å². The number of hydrogen-bond donors (Lipinski definition) is 1. The van der Waals surface area contributed by atoms with Gasteiger partial charge in [-0.05, 0) is 30.4 Å². The predicted molar refractivity (Wildman–Crippen MR) is 60.8 cm³/mol. The van der Waals surface area contributed by atoms with E-state index in [1.807, 2.05) is 6.92 Å². The van der Waals surface area contributed by atoms with Crippen LogP contribution in [0, 0.1) is 0 Å². The van der Waals surface area contributed by atoms with Crippen LogP contribution in [0.4, 0.5) is 13.2 Å². The predicted octanol–water partition coefficient (Wildman–Crippen LogP) is 3.97. The first kappa shape index (κ1) is 14.0. The first-order valence-corrected chi connectivity index (χ1v) is 5.70. The largest absolute Gasteiger partial charge is 0.416 e. The molecule has 0 radical (unpaired) electrons. The van der Waals surface area contributed by atoms with Crippen molar-refractivity contribution in [1.29, 1.82) is 0 Å². The molecule has 1 N–H and O–H groups in total. The minimum absolute atomic E-state index is 0.257. The van der Waals surface area contributed by atoms with E-state index in [1.54, 1.807) is 13.0 Å². The summed E-state index contributed by atoms with van der Waals surface area (Å²) in [5.74, 6) is -0.303. The summed E-state index contributed by atoms with van der Waals surface area (Å²) in [6.07, 6.45) is -3.98. The molecule has 0 fully saturated rings. The lowest BCUT2D eigenvalue weighted by Gasteiger charge is -2.20. The molecular weight excluding hydrogens is 229 g/mol. The van der Waals surface area contributed by atoms with Crippen molar-refractivity contribution in [3.8, 4) is 0 Å². The normalized spacial score (nSPS) is 15.6. The van der Waals surface area contributed by atoms with Gasteiger partial charge in [0.05, 0.1) is 11.7 Å². The van der Waals surface area contributed by atoms with Crippen molar-refractivity contribution in [2.75, 3.05) is 0 Å². The second-order valence-corrected chi connectivity index (χ2v) is 4.28. The molecule has 0 aliphatic heterocycles. The van der Waals surface area contributed by atoms with Gasteiger partial charge < -0.3 is 5.11 Å². The minimum atomic E-state index is -4.33. The highest BCUT2D eigenvalue weighted by molar-refractivity contribution is 5.32. The van der Waals surface area contributed by atoms with Crippen LogP contribution in [0.25, 0.3) is 0 Å². The van der Waals surface area contributed by atoms with Gasteiger partial charge >= 0.3 is 6.18 Å². The molecule has 2 atom stereocenters. The number of aliphatic hydroxyl groups excluding tert-OH is 1. The van der Waals surface area contributed by atoms with E-state index in [4.69, 9.17) is 0 Å². The molecule has 0 bridgehead atoms. The Morgan fingerprint density at radius 2 is 1.82 bits per heavy atom. The van der Waals surface area contributed by atoms with E-state index < -0.39 is 17.8 Å². The molecule has 0 aromatic heterocycles. The van der Waals surface area contributed by atoms with Crippen molar-refractivity contribution in [3.63, 3.8) is 0 Å². The van der Waals surface area contributed by atoms with E-state index >= 15 is 0 Å². The van der Waals surface area contributed by atoms with Crippen LogP contribution in [0.2, 0.25) is 0 Å². The first-order chi connectivity index (χ1) is 7.86.